The van der Waals surface area contributed by atoms with Gasteiger partial charge in [0.25, 0.3) is 0 Å². The van der Waals surface area contributed by atoms with E-state index in [2.05, 4.69) is 0 Å². The van der Waals surface area contributed by atoms with Crippen molar-refractivity contribution in [2.24, 2.45) is 11.8 Å². The molecule has 0 radical (unpaired) electrons. The first-order valence-corrected chi connectivity index (χ1v) is 7.77. The minimum atomic E-state index is -4.31. The quantitative estimate of drug-likeness (QED) is 0.870. The van der Waals surface area contributed by atoms with E-state index in [9.17, 15) is 23.1 Å². The van der Waals surface area contributed by atoms with Gasteiger partial charge in [-0.2, -0.15) is 13.2 Å². The lowest BCUT2D eigenvalue weighted by atomic mass is 9.78. The number of aliphatic hydroxyl groups is 1. The standard InChI is InChI=1S/C15H24F3NO2/c1-19(10-14(21)8-4-5-9-14)13(20)11-6-2-3-7-12(11)15(16,17)18/h11-12,21H,2-10H2,1H3. The monoisotopic (exact) mass is 307 g/mol. The molecule has 2 aliphatic carbocycles. The van der Waals surface area contributed by atoms with Crippen LogP contribution in [0, 0.1) is 11.8 Å². The number of rotatable bonds is 3. The first-order valence-electron chi connectivity index (χ1n) is 7.77. The number of carbonyl (C=O) groups is 1. The molecule has 21 heavy (non-hydrogen) atoms. The molecule has 2 rings (SSSR count). The molecule has 1 amide bonds. The number of nitrogens with zero attached hydrogens (tertiary/aromatic N) is 1. The van der Waals surface area contributed by atoms with Gasteiger partial charge in [-0.3, -0.25) is 4.79 Å². The second kappa shape index (κ2) is 6.15. The van der Waals surface area contributed by atoms with Gasteiger partial charge in [0, 0.05) is 19.5 Å². The van der Waals surface area contributed by atoms with E-state index in [0.29, 0.717) is 32.1 Å². The zero-order chi connectivity index (χ0) is 15.7. The van der Waals surface area contributed by atoms with Crippen LogP contribution in [-0.4, -0.2) is 41.3 Å². The molecule has 2 unspecified atom stereocenters. The van der Waals surface area contributed by atoms with Crippen LogP contribution in [0.15, 0.2) is 0 Å². The van der Waals surface area contributed by atoms with Crippen molar-refractivity contribution in [1.29, 1.82) is 0 Å². The Labute approximate surface area is 123 Å². The van der Waals surface area contributed by atoms with Gasteiger partial charge in [0.1, 0.15) is 0 Å². The van der Waals surface area contributed by atoms with Crippen LogP contribution in [0.25, 0.3) is 0 Å². The van der Waals surface area contributed by atoms with Gasteiger partial charge in [0.2, 0.25) is 5.91 Å². The van der Waals surface area contributed by atoms with Gasteiger partial charge in [-0.1, -0.05) is 25.7 Å². The van der Waals surface area contributed by atoms with E-state index in [1.807, 2.05) is 0 Å². The fraction of sp³-hybridized carbons (Fsp3) is 0.933. The van der Waals surface area contributed by atoms with Gasteiger partial charge >= 0.3 is 6.18 Å². The summed E-state index contributed by atoms with van der Waals surface area (Å²) in [5.74, 6) is -2.97. The SMILES string of the molecule is CN(CC1(O)CCCC1)C(=O)C1CCCCC1C(F)(F)F. The topological polar surface area (TPSA) is 40.5 Å². The van der Waals surface area contributed by atoms with Crippen molar-refractivity contribution in [2.75, 3.05) is 13.6 Å². The van der Waals surface area contributed by atoms with Crippen LogP contribution in [0.1, 0.15) is 51.4 Å². The largest absolute Gasteiger partial charge is 0.392 e. The molecule has 2 aliphatic rings. The fourth-order valence-electron chi connectivity index (χ4n) is 3.81. The van der Waals surface area contributed by atoms with E-state index >= 15 is 0 Å². The molecule has 0 heterocycles. The van der Waals surface area contributed by atoms with Crippen LogP contribution in [0.2, 0.25) is 0 Å². The Bertz CT molecular complexity index is 378. The van der Waals surface area contributed by atoms with Crippen molar-refractivity contribution in [2.45, 2.75) is 63.1 Å². The molecule has 0 aromatic heterocycles. The van der Waals surface area contributed by atoms with Crippen molar-refractivity contribution in [1.82, 2.24) is 4.90 Å². The first-order chi connectivity index (χ1) is 9.73. The maximum absolute atomic E-state index is 13.1. The van der Waals surface area contributed by atoms with E-state index in [1.54, 1.807) is 0 Å². The van der Waals surface area contributed by atoms with Crippen molar-refractivity contribution in [3.05, 3.63) is 0 Å². The summed E-state index contributed by atoms with van der Waals surface area (Å²) >= 11 is 0. The molecule has 0 spiro atoms. The molecule has 3 nitrogen and oxygen atoms in total. The van der Waals surface area contributed by atoms with E-state index in [4.69, 9.17) is 0 Å². The van der Waals surface area contributed by atoms with E-state index in [-0.39, 0.29) is 13.0 Å². The zero-order valence-corrected chi connectivity index (χ0v) is 12.5. The van der Waals surface area contributed by atoms with Crippen molar-refractivity contribution < 1.29 is 23.1 Å². The summed E-state index contributed by atoms with van der Waals surface area (Å²) in [6.07, 6.45) is 0.286. The molecule has 0 saturated heterocycles. The molecule has 0 aromatic carbocycles. The highest BCUT2D eigenvalue weighted by molar-refractivity contribution is 5.79. The molecule has 6 heteroatoms. The Kier molecular flexibility index (Phi) is 4.85. The third-order valence-electron chi connectivity index (χ3n) is 4.95. The molecule has 1 N–H and O–H groups in total. The summed E-state index contributed by atoms with van der Waals surface area (Å²) in [4.78, 5) is 13.7. The van der Waals surface area contributed by atoms with E-state index in [0.717, 1.165) is 12.8 Å². The van der Waals surface area contributed by atoms with E-state index in [1.165, 1.54) is 11.9 Å². The van der Waals surface area contributed by atoms with Crippen LogP contribution in [0.5, 0.6) is 0 Å². The number of alkyl halides is 3. The lowest BCUT2D eigenvalue weighted by molar-refractivity contribution is -0.201. The van der Waals surface area contributed by atoms with Crippen LogP contribution < -0.4 is 0 Å². The predicted molar refractivity (Wildman–Crippen MR) is 72.6 cm³/mol. The van der Waals surface area contributed by atoms with Gasteiger partial charge < -0.3 is 10.0 Å². The van der Waals surface area contributed by atoms with Crippen molar-refractivity contribution in [3.63, 3.8) is 0 Å². The summed E-state index contributed by atoms with van der Waals surface area (Å²) in [5.41, 5.74) is -0.910. The average molecular weight is 307 g/mol. The molecule has 0 aromatic rings. The van der Waals surface area contributed by atoms with Crippen LogP contribution in [0.4, 0.5) is 13.2 Å². The summed E-state index contributed by atoms with van der Waals surface area (Å²) < 4.78 is 39.2. The molecule has 122 valence electrons. The number of likely N-dealkylation sites (N-methyl/N-ethyl adjacent to an activating group) is 1. The maximum atomic E-state index is 13.1. The molecule has 2 fully saturated rings. The normalized spacial score (nSPS) is 29.4. The third kappa shape index (κ3) is 3.90. The zero-order valence-electron chi connectivity index (χ0n) is 12.5. The molecule has 2 saturated carbocycles. The van der Waals surface area contributed by atoms with Gasteiger partial charge in [-0.25, -0.2) is 0 Å². The van der Waals surface area contributed by atoms with Gasteiger partial charge in [-0.05, 0) is 25.7 Å². The molecular formula is C15H24F3NO2. The summed E-state index contributed by atoms with van der Waals surface area (Å²) in [6.45, 7) is 0.146. The number of hydrogen-bond acceptors (Lipinski definition) is 2. The number of amides is 1. The Hall–Kier alpha value is -0.780. The summed E-state index contributed by atoms with van der Waals surface area (Å²) in [7, 11) is 1.51. The highest BCUT2D eigenvalue weighted by Gasteiger charge is 2.49. The van der Waals surface area contributed by atoms with Gasteiger partial charge in [0.05, 0.1) is 11.5 Å². The average Bonchev–Trinajstić information content (AvgIpc) is 2.83. The smallest absolute Gasteiger partial charge is 0.388 e. The minimum Gasteiger partial charge on any atom is -0.388 e. The summed E-state index contributed by atoms with van der Waals surface area (Å²) in [5, 5.41) is 10.3. The molecule has 0 bridgehead atoms. The lowest BCUT2D eigenvalue weighted by Gasteiger charge is -2.36. The lowest BCUT2D eigenvalue weighted by Crippen LogP contribution is -2.48. The Morgan fingerprint density at radius 1 is 1.19 bits per heavy atom. The second-order valence-corrected chi connectivity index (χ2v) is 6.66. The Morgan fingerprint density at radius 3 is 2.33 bits per heavy atom. The predicted octanol–water partition coefficient (Wildman–Crippen LogP) is 3.12. The van der Waals surface area contributed by atoms with Crippen molar-refractivity contribution >= 4 is 5.91 Å². The Balaban J connectivity index is 2.02. The highest BCUT2D eigenvalue weighted by Crippen LogP contribution is 2.42. The van der Waals surface area contributed by atoms with Crippen molar-refractivity contribution in [3.8, 4) is 0 Å². The first kappa shape index (κ1) is 16.6. The summed E-state index contributed by atoms with van der Waals surface area (Å²) in [6, 6.07) is 0. The minimum absolute atomic E-state index is 0.0397. The van der Waals surface area contributed by atoms with E-state index < -0.39 is 29.5 Å². The van der Waals surface area contributed by atoms with Crippen LogP contribution in [-0.2, 0) is 4.79 Å². The van der Waals surface area contributed by atoms with Crippen LogP contribution >= 0.6 is 0 Å². The fourth-order valence-corrected chi connectivity index (χ4v) is 3.81. The third-order valence-corrected chi connectivity index (χ3v) is 4.95. The second-order valence-electron chi connectivity index (χ2n) is 6.66. The number of hydrogen-bond donors (Lipinski definition) is 1. The molecule has 2 atom stereocenters. The number of carbonyl (C=O) groups excluding carboxylic acids is 1. The van der Waals surface area contributed by atoms with Crippen LogP contribution in [0.3, 0.4) is 0 Å². The molecule has 0 aliphatic heterocycles. The number of halogens is 3. The Morgan fingerprint density at radius 2 is 1.76 bits per heavy atom. The van der Waals surface area contributed by atoms with Gasteiger partial charge in [-0.15, -0.1) is 0 Å². The highest BCUT2D eigenvalue weighted by atomic mass is 19.4. The molecular weight excluding hydrogens is 283 g/mol. The maximum Gasteiger partial charge on any atom is 0.392 e. The van der Waals surface area contributed by atoms with Gasteiger partial charge in [0.15, 0.2) is 0 Å².